The lowest BCUT2D eigenvalue weighted by Gasteiger charge is -2.23. The van der Waals surface area contributed by atoms with Gasteiger partial charge < -0.3 is 10.0 Å². The highest BCUT2D eigenvalue weighted by Crippen LogP contribution is 2.27. The normalized spacial score (nSPS) is 10.4. The lowest BCUT2D eigenvalue weighted by atomic mass is 10.2. The first kappa shape index (κ1) is 15.1. The summed E-state index contributed by atoms with van der Waals surface area (Å²) < 4.78 is 0. The number of nitrogens with zero attached hydrogens (tertiary/aromatic N) is 4. The van der Waals surface area contributed by atoms with Gasteiger partial charge in [-0.1, -0.05) is 17.7 Å². The van der Waals surface area contributed by atoms with Crippen molar-refractivity contribution in [2.24, 2.45) is 0 Å². The molecule has 0 saturated heterocycles. The molecular formula is C13H13ClN4O3. The summed E-state index contributed by atoms with van der Waals surface area (Å²) in [6.07, 6.45) is 4.51. The van der Waals surface area contributed by atoms with Gasteiger partial charge in [0.25, 0.3) is 5.69 Å². The summed E-state index contributed by atoms with van der Waals surface area (Å²) in [6.45, 7) is 0.660. The Labute approximate surface area is 126 Å². The van der Waals surface area contributed by atoms with Crippen LogP contribution in [0, 0.1) is 10.1 Å². The van der Waals surface area contributed by atoms with E-state index in [-0.39, 0.29) is 17.3 Å². The van der Waals surface area contributed by atoms with Crippen LogP contribution in [0.3, 0.4) is 0 Å². The molecule has 7 nitrogen and oxygen atoms in total. The summed E-state index contributed by atoms with van der Waals surface area (Å²) in [7, 11) is 0. The Hall–Kier alpha value is -2.25. The maximum absolute atomic E-state index is 10.7. The van der Waals surface area contributed by atoms with Crippen LogP contribution in [-0.2, 0) is 6.54 Å². The molecule has 8 heteroatoms. The molecule has 0 spiro atoms. The zero-order valence-electron chi connectivity index (χ0n) is 11.0. The van der Waals surface area contributed by atoms with Gasteiger partial charge in [0, 0.05) is 31.5 Å². The van der Waals surface area contributed by atoms with Crippen LogP contribution >= 0.6 is 11.6 Å². The number of hydrogen-bond donors (Lipinski definition) is 1. The molecule has 0 aromatic carbocycles. The number of aliphatic hydroxyl groups is 1. The first-order chi connectivity index (χ1) is 10.1. The Balaban J connectivity index is 2.27. The van der Waals surface area contributed by atoms with E-state index in [1.807, 2.05) is 6.07 Å². The number of rotatable bonds is 6. The van der Waals surface area contributed by atoms with Gasteiger partial charge in [0.1, 0.15) is 12.0 Å². The highest BCUT2D eigenvalue weighted by atomic mass is 35.5. The largest absolute Gasteiger partial charge is 0.395 e. The maximum atomic E-state index is 10.7. The molecular weight excluding hydrogens is 296 g/mol. The van der Waals surface area contributed by atoms with Crippen molar-refractivity contribution in [2.75, 3.05) is 18.1 Å². The average molecular weight is 309 g/mol. The summed E-state index contributed by atoms with van der Waals surface area (Å²) in [5.74, 6) is 0.389. The van der Waals surface area contributed by atoms with E-state index in [1.165, 1.54) is 6.07 Å². The van der Waals surface area contributed by atoms with Crippen molar-refractivity contribution in [1.29, 1.82) is 0 Å². The van der Waals surface area contributed by atoms with E-state index in [9.17, 15) is 15.2 Å². The van der Waals surface area contributed by atoms with Crippen LogP contribution in [0.25, 0.3) is 0 Å². The van der Waals surface area contributed by atoms with E-state index in [0.29, 0.717) is 18.9 Å². The lowest BCUT2D eigenvalue weighted by molar-refractivity contribution is -0.385. The lowest BCUT2D eigenvalue weighted by Crippen LogP contribution is -2.27. The zero-order valence-corrected chi connectivity index (χ0v) is 11.8. The van der Waals surface area contributed by atoms with Crippen LogP contribution < -0.4 is 4.90 Å². The molecule has 1 N–H and O–H groups in total. The number of aromatic nitrogens is 2. The van der Waals surface area contributed by atoms with E-state index in [2.05, 4.69) is 9.97 Å². The molecule has 0 aliphatic rings. The van der Waals surface area contributed by atoms with Gasteiger partial charge in [0.05, 0.1) is 16.6 Å². The molecule has 0 amide bonds. The summed E-state index contributed by atoms with van der Waals surface area (Å²) >= 11 is 6.06. The predicted molar refractivity (Wildman–Crippen MR) is 78.3 cm³/mol. The molecule has 0 bridgehead atoms. The SMILES string of the molecule is O=[N+]([O-])c1cnc(N(CCO)Cc2cccnc2)c(Cl)c1. The summed E-state index contributed by atoms with van der Waals surface area (Å²) in [6, 6.07) is 4.94. The molecule has 0 aliphatic heterocycles. The van der Waals surface area contributed by atoms with Gasteiger partial charge in [0.15, 0.2) is 0 Å². The smallest absolute Gasteiger partial charge is 0.289 e. The van der Waals surface area contributed by atoms with Crippen LogP contribution in [0.1, 0.15) is 5.56 Å². The molecule has 2 aromatic rings. The van der Waals surface area contributed by atoms with Crippen molar-refractivity contribution in [3.05, 3.63) is 57.5 Å². The molecule has 2 heterocycles. The fourth-order valence-electron chi connectivity index (χ4n) is 1.85. The molecule has 0 saturated carbocycles. The molecule has 0 aliphatic carbocycles. The van der Waals surface area contributed by atoms with E-state index >= 15 is 0 Å². The van der Waals surface area contributed by atoms with Crippen LogP contribution in [-0.4, -0.2) is 33.1 Å². The maximum Gasteiger partial charge on any atom is 0.289 e. The van der Waals surface area contributed by atoms with Crippen molar-refractivity contribution in [1.82, 2.24) is 9.97 Å². The minimum absolute atomic E-state index is 0.0880. The third kappa shape index (κ3) is 3.87. The Bertz CT molecular complexity index is 624. The van der Waals surface area contributed by atoms with Crippen LogP contribution in [0.2, 0.25) is 5.02 Å². The van der Waals surface area contributed by atoms with Crippen molar-refractivity contribution in [2.45, 2.75) is 6.54 Å². The average Bonchev–Trinajstić information content (AvgIpc) is 2.48. The Morgan fingerprint density at radius 2 is 2.24 bits per heavy atom. The van der Waals surface area contributed by atoms with Crippen molar-refractivity contribution >= 4 is 23.1 Å². The van der Waals surface area contributed by atoms with Crippen molar-refractivity contribution in [3.8, 4) is 0 Å². The predicted octanol–water partition coefficient (Wildman–Crippen LogP) is 2.04. The third-order valence-corrected chi connectivity index (χ3v) is 3.06. The van der Waals surface area contributed by atoms with Crippen molar-refractivity contribution < 1.29 is 10.0 Å². The zero-order chi connectivity index (χ0) is 15.2. The monoisotopic (exact) mass is 308 g/mol. The second-order valence-electron chi connectivity index (χ2n) is 4.26. The quantitative estimate of drug-likeness (QED) is 0.648. The molecule has 21 heavy (non-hydrogen) atoms. The van der Waals surface area contributed by atoms with Crippen molar-refractivity contribution in [3.63, 3.8) is 0 Å². The summed E-state index contributed by atoms with van der Waals surface area (Å²) in [5, 5.41) is 20.0. The molecule has 2 aromatic heterocycles. The van der Waals surface area contributed by atoms with Crippen LogP contribution in [0.4, 0.5) is 11.5 Å². The number of nitro groups is 1. The Morgan fingerprint density at radius 3 is 2.81 bits per heavy atom. The summed E-state index contributed by atoms with van der Waals surface area (Å²) in [5.41, 5.74) is 0.747. The second kappa shape index (κ2) is 6.96. The molecule has 110 valence electrons. The van der Waals surface area contributed by atoms with Crippen LogP contribution in [0.15, 0.2) is 36.8 Å². The first-order valence-electron chi connectivity index (χ1n) is 6.16. The second-order valence-corrected chi connectivity index (χ2v) is 4.67. The Morgan fingerprint density at radius 1 is 1.43 bits per heavy atom. The number of anilines is 1. The minimum atomic E-state index is -0.555. The first-order valence-corrected chi connectivity index (χ1v) is 6.54. The fourth-order valence-corrected chi connectivity index (χ4v) is 2.13. The molecule has 2 rings (SSSR count). The minimum Gasteiger partial charge on any atom is -0.395 e. The van der Waals surface area contributed by atoms with Gasteiger partial charge in [0.2, 0.25) is 0 Å². The van der Waals surface area contributed by atoms with E-state index in [4.69, 9.17) is 11.6 Å². The summed E-state index contributed by atoms with van der Waals surface area (Å²) in [4.78, 5) is 19.9. The number of hydrogen-bond acceptors (Lipinski definition) is 6. The Kier molecular flexibility index (Phi) is 5.02. The van der Waals surface area contributed by atoms with Gasteiger partial charge in [-0.3, -0.25) is 15.1 Å². The topological polar surface area (TPSA) is 92.4 Å². The highest BCUT2D eigenvalue weighted by Gasteiger charge is 2.16. The molecule has 0 radical (unpaired) electrons. The fraction of sp³-hybridized carbons (Fsp3) is 0.231. The van der Waals surface area contributed by atoms with E-state index < -0.39 is 4.92 Å². The number of pyridine rings is 2. The third-order valence-electron chi connectivity index (χ3n) is 2.78. The standard InChI is InChI=1S/C13H13ClN4O3/c14-12-6-11(18(20)21)8-16-13(12)17(4-5-19)9-10-2-1-3-15-7-10/h1-3,6-8,19H,4-5,9H2. The molecule has 0 fully saturated rings. The van der Waals surface area contributed by atoms with E-state index in [0.717, 1.165) is 11.8 Å². The van der Waals surface area contributed by atoms with Crippen LogP contribution in [0.5, 0.6) is 0 Å². The van der Waals surface area contributed by atoms with E-state index in [1.54, 1.807) is 23.4 Å². The molecule has 0 unspecified atom stereocenters. The van der Waals surface area contributed by atoms with Gasteiger partial charge in [-0.2, -0.15) is 0 Å². The number of halogens is 1. The van der Waals surface area contributed by atoms with Gasteiger partial charge in [-0.25, -0.2) is 4.98 Å². The highest BCUT2D eigenvalue weighted by molar-refractivity contribution is 6.33. The van der Waals surface area contributed by atoms with Gasteiger partial charge in [-0.05, 0) is 11.6 Å². The van der Waals surface area contributed by atoms with Gasteiger partial charge in [-0.15, -0.1) is 0 Å². The number of aliphatic hydroxyl groups excluding tert-OH is 1. The van der Waals surface area contributed by atoms with Gasteiger partial charge >= 0.3 is 0 Å². The molecule has 0 atom stereocenters.